The molecule has 0 bridgehead atoms. The number of rotatable bonds is 6. The zero-order chi connectivity index (χ0) is 17.6. The van der Waals surface area contributed by atoms with Crippen molar-refractivity contribution in [3.63, 3.8) is 0 Å². The number of benzene rings is 1. The molecule has 0 spiro atoms. The van der Waals surface area contributed by atoms with E-state index in [1.807, 2.05) is 35.2 Å². The predicted octanol–water partition coefficient (Wildman–Crippen LogP) is 1.14. The van der Waals surface area contributed by atoms with Crippen LogP contribution in [0.2, 0.25) is 0 Å². The van der Waals surface area contributed by atoms with Gasteiger partial charge < -0.3 is 15.2 Å². The van der Waals surface area contributed by atoms with E-state index in [4.69, 9.17) is 9.84 Å². The Morgan fingerprint density at radius 3 is 2.92 bits per heavy atom. The van der Waals surface area contributed by atoms with Crippen LogP contribution in [0.4, 0.5) is 0 Å². The molecule has 1 aromatic carbocycles. The van der Waals surface area contributed by atoms with Crippen LogP contribution in [-0.4, -0.2) is 53.1 Å². The molecule has 0 aliphatic carbocycles. The number of hydrogen-bond acceptors (Lipinski definition) is 5. The Morgan fingerprint density at radius 1 is 1.32 bits per heavy atom. The number of hydrogen-bond donors (Lipinski definition) is 2. The van der Waals surface area contributed by atoms with Gasteiger partial charge in [-0.15, -0.1) is 0 Å². The first-order valence-electron chi connectivity index (χ1n) is 8.00. The number of carbonyl (C=O) groups excluding carboxylic acids is 1. The minimum atomic E-state index is -1.03. The van der Waals surface area contributed by atoms with Crippen molar-refractivity contribution in [1.29, 1.82) is 0 Å². The van der Waals surface area contributed by atoms with Crippen LogP contribution in [0.1, 0.15) is 5.56 Å². The number of nitrogens with one attached hydrogen (secondary N) is 1. The summed E-state index contributed by atoms with van der Waals surface area (Å²) >= 11 is 0. The van der Waals surface area contributed by atoms with Gasteiger partial charge in [0.05, 0.1) is 12.2 Å². The fourth-order valence-electron chi connectivity index (χ4n) is 2.74. The summed E-state index contributed by atoms with van der Waals surface area (Å²) < 4.78 is 5.41. The average Bonchev–Trinajstić information content (AvgIpc) is 2.61. The molecule has 3 rings (SSSR count). The Labute approximate surface area is 145 Å². The first-order valence-corrected chi connectivity index (χ1v) is 8.00. The van der Waals surface area contributed by atoms with Crippen molar-refractivity contribution in [2.24, 2.45) is 0 Å². The molecule has 130 valence electrons. The third kappa shape index (κ3) is 4.54. The van der Waals surface area contributed by atoms with Crippen molar-refractivity contribution in [1.82, 2.24) is 15.2 Å². The van der Waals surface area contributed by atoms with Gasteiger partial charge in [-0.3, -0.25) is 14.7 Å². The first-order chi connectivity index (χ1) is 12.1. The van der Waals surface area contributed by atoms with Crippen molar-refractivity contribution in [2.75, 3.05) is 26.2 Å². The zero-order valence-electron chi connectivity index (χ0n) is 13.6. The summed E-state index contributed by atoms with van der Waals surface area (Å²) in [5, 5.41) is 11.6. The minimum absolute atomic E-state index is 0.0138. The Bertz CT molecular complexity index is 764. The van der Waals surface area contributed by atoms with Crippen LogP contribution in [0.5, 0.6) is 5.75 Å². The third-order valence-electron chi connectivity index (χ3n) is 3.88. The van der Waals surface area contributed by atoms with E-state index in [1.54, 1.807) is 12.3 Å². The van der Waals surface area contributed by atoms with Gasteiger partial charge in [0.15, 0.2) is 6.61 Å². The van der Waals surface area contributed by atoms with Crippen LogP contribution < -0.4 is 10.1 Å². The van der Waals surface area contributed by atoms with Crippen molar-refractivity contribution in [2.45, 2.75) is 6.54 Å². The van der Waals surface area contributed by atoms with Gasteiger partial charge in [0.25, 0.3) is 0 Å². The molecule has 2 aromatic rings. The topological polar surface area (TPSA) is 91.8 Å². The summed E-state index contributed by atoms with van der Waals surface area (Å²) in [5.74, 6) is -0.537. The third-order valence-corrected chi connectivity index (χ3v) is 3.88. The normalized spacial score (nSPS) is 14.8. The molecule has 2 N–H and O–H groups in total. The lowest BCUT2D eigenvalue weighted by atomic mass is 10.1. The summed E-state index contributed by atoms with van der Waals surface area (Å²) in [5.41, 5.74) is 2.57. The number of piperazine rings is 1. The van der Waals surface area contributed by atoms with Gasteiger partial charge in [0.1, 0.15) is 5.75 Å². The maximum absolute atomic E-state index is 11.6. The van der Waals surface area contributed by atoms with Crippen LogP contribution in [0.25, 0.3) is 11.3 Å². The summed E-state index contributed by atoms with van der Waals surface area (Å²) in [6.07, 6.45) is 1.72. The highest BCUT2D eigenvalue weighted by Gasteiger charge is 2.18. The molecular formula is C18H19N3O4. The zero-order valence-corrected chi connectivity index (χ0v) is 13.6. The van der Waals surface area contributed by atoms with Crippen molar-refractivity contribution in [3.8, 4) is 17.0 Å². The lowest BCUT2D eigenvalue weighted by Gasteiger charge is -2.27. The predicted molar refractivity (Wildman–Crippen MR) is 91.1 cm³/mol. The molecule has 0 unspecified atom stereocenters. The number of amides is 1. The molecule has 25 heavy (non-hydrogen) atoms. The maximum atomic E-state index is 11.6. The lowest BCUT2D eigenvalue weighted by Crippen LogP contribution is -2.47. The van der Waals surface area contributed by atoms with Gasteiger partial charge >= 0.3 is 5.97 Å². The van der Waals surface area contributed by atoms with Gasteiger partial charge in [-0.25, -0.2) is 4.79 Å². The van der Waals surface area contributed by atoms with E-state index in [2.05, 4.69) is 10.3 Å². The van der Waals surface area contributed by atoms with Crippen LogP contribution in [0.15, 0.2) is 42.6 Å². The second-order valence-electron chi connectivity index (χ2n) is 5.78. The van der Waals surface area contributed by atoms with Gasteiger partial charge in [-0.1, -0.05) is 6.07 Å². The molecule has 1 fully saturated rings. The fourth-order valence-corrected chi connectivity index (χ4v) is 2.74. The van der Waals surface area contributed by atoms with Crippen molar-refractivity contribution < 1.29 is 19.4 Å². The molecular weight excluding hydrogens is 322 g/mol. The molecule has 1 amide bonds. The highest BCUT2D eigenvalue weighted by atomic mass is 16.5. The fraction of sp³-hybridized carbons (Fsp3) is 0.278. The molecule has 1 aliphatic rings. The molecule has 0 atom stereocenters. The SMILES string of the molecule is O=C(O)COc1ccc(-c2ccccn2)cc1CN1CCNC(=O)C1. The number of carboxylic acids is 1. The number of ether oxygens (including phenoxy) is 1. The van der Waals surface area contributed by atoms with Crippen molar-refractivity contribution in [3.05, 3.63) is 48.2 Å². The number of aliphatic carboxylic acids is 1. The summed E-state index contributed by atoms with van der Waals surface area (Å²) in [7, 11) is 0. The number of nitrogens with zero attached hydrogens (tertiary/aromatic N) is 2. The van der Waals surface area contributed by atoms with Crippen LogP contribution in [0.3, 0.4) is 0 Å². The number of carbonyl (C=O) groups is 2. The molecule has 0 radical (unpaired) electrons. The Balaban J connectivity index is 1.87. The van der Waals surface area contributed by atoms with Crippen LogP contribution >= 0.6 is 0 Å². The highest BCUT2D eigenvalue weighted by molar-refractivity contribution is 5.78. The van der Waals surface area contributed by atoms with E-state index in [-0.39, 0.29) is 5.91 Å². The average molecular weight is 341 g/mol. The molecule has 1 aromatic heterocycles. The quantitative estimate of drug-likeness (QED) is 0.819. The number of pyridine rings is 1. The lowest BCUT2D eigenvalue weighted by molar-refractivity contribution is -0.139. The monoisotopic (exact) mass is 341 g/mol. The van der Waals surface area contributed by atoms with E-state index >= 15 is 0 Å². The Kier molecular flexibility index (Phi) is 5.25. The van der Waals surface area contributed by atoms with E-state index in [1.165, 1.54) is 0 Å². The Hall–Kier alpha value is -2.93. The van der Waals surface area contributed by atoms with E-state index in [0.717, 1.165) is 23.4 Å². The highest BCUT2D eigenvalue weighted by Crippen LogP contribution is 2.27. The smallest absolute Gasteiger partial charge is 0.341 e. The maximum Gasteiger partial charge on any atom is 0.341 e. The largest absolute Gasteiger partial charge is 0.482 e. The van der Waals surface area contributed by atoms with Gasteiger partial charge in [-0.2, -0.15) is 0 Å². The summed E-state index contributed by atoms with van der Waals surface area (Å²) in [6, 6.07) is 11.2. The van der Waals surface area contributed by atoms with Crippen molar-refractivity contribution >= 4 is 11.9 Å². The van der Waals surface area contributed by atoms with E-state index in [9.17, 15) is 9.59 Å². The first kappa shape index (κ1) is 16.9. The summed E-state index contributed by atoms with van der Waals surface area (Å²) in [4.78, 5) is 28.7. The minimum Gasteiger partial charge on any atom is -0.482 e. The molecule has 2 heterocycles. The van der Waals surface area contributed by atoms with Crippen LogP contribution in [0, 0.1) is 0 Å². The number of carboxylic acid groups (broad SMARTS) is 1. The van der Waals surface area contributed by atoms with Gasteiger partial charge in [-0.05, 0) is 30.3 Å². The standard InChI is InChI=1S/C18H19N3O4/c22-17-11-21(8-7-20-17)10-14-9-13(15-3-1-2-6-19-15)4-5-16(14)25-12-18(23)24/h1-6,9H,7-8,10-12H2,(H,20,22)(H,23,24). The second-order valence-corrected chi connectivity index (χ2v) is 5.78. The molecule has 1 saturated heterocycles. The van der Waals surface area contributed by atoms with E-state index < -0.39 is 12.6 Å². The second kappa shape index (κ2) is 7.76. The number of aromatic nitrogens is 1. The van der Waals surface area contributed by atoms with Gasteiger partial charge in [0, 0.05) is 37.0 Å². The van der Waals surface area contributed by atoms with Crippen LogP contribution in [-0.2, 0) is 16.1 Å². The Morgan fingerprint density at radius 2 is 2.20 bits per heavy atom. The molecule has 7 nitrogen and oxygen atoms in total. The summed E-state index contributed by atoms with van der Waals surface area (Å²) in [6.45, 7) is 1.74. The molecule has 7 heteroatoms. The molecule has 0 saturated carbocycles. The van der Waals surface area contributed by atoms with E-state index in [0.29, 0.717) is 25.4 Å². The molecule has 1 aliphatic heterocycles. The van der Waals surface area contributed by atoms with Gasteiger partial charge in [0.2, 0.25) is 5.91 Å².